The molecule has 0 atom stereocenters. The Balaban J connectivity index is 2.53. The number of hydrogen-bond acceptors (Lipinski definition) is 2. The first-order valence-electron chi connectivity index (χ1n) is 2.76. The minimum atomic E-state index is 0.116. The van der Waals surface area contributed by atoms with Gasteiger partial charge in [-0.1, -0.05) is 0 Å². The van der Waals surface area contributed by atoms with Gasteiger partial charge in [-0.3, -0.25) is 0 Å². The van der Waals surface area contributed by atoms with Crippen LogP contribution in [-0.4, -0.2) is 36.5 Å². The molecule has 8 heavy (non-hydrogen) atoms. The Morgan fingerprint density at radius 2 is 1.75 bits per heavy atom. The Hall–Kier alpha value is -0.120. The lowest BCUT2D eigenvalue weighted by Crippen LogP contribution is -2.12. The summed E-state index contributed by atoms with van der Waals surface area (Å²) in [4.78, 5) is 0. The summed E-state index contributed by atoms with van der Waals surface area (Å²) in [6.45, 7) is 1.47. The summed E-state index contributed by atoms with van der Waals surface area (Å²) in [6, 6.07) is 0. The van der Waals surface area contributed by atoms with Crippen molar-refractivity contribution in [1.82, 2.24) is 5.32 Å². The van der Waals surface area contributed by atoms with E-state index in [2.05, 4.69) is 5.32 Å². The van der Waals surface area contributed by atoms with Gasteiger partial charge in [-0.05, 0) is 6.42 Å². The van der Waals surface area contributed by atoms with Crippen LogP contribution in [0.4, 0.5) is 0 Å². The van der Waals surface area contributed by atoms with Gasteiger partial charge in [-0.15, -0.1) is 0 Å². The van der Waals surface area contributed by atoms with E-state index in [-0.39, 0.29) is 13.2 Å². The summed E-state index contributed by atoms with van der Waals surface area (Å²) in [5.74, 6) is 0. The van der Waals surface area contributed by atoms with Gasteiger partial charge in [0, 0.05) is 19.7 Å². The fraction of sp³-hybridized carbons (Fsp3) is 1.00. The first-order chi connectivity index (χ1) is 3.91. The summed E-state index contributed by atoms with van der Waals surface area (Å²) in [6.07, 6.45) is 0.708. The maximum Gasteiger partial charge on any atom is 0.0572 e. The molecular weight excluding hydrogens is 106 g/mol. The number of rotatable bonds is 5. The summed E-state index contributed by atoms with van der Waals surface area (Å²) in [5, 5.41) is 20.3. The van der Waals surface area contributed by atoms with Crippen LogP contribution in [0.5, 0.6) is 0 Å². The zero-order valence-electron chi connectivity index (χ0n) is 4.88. The topological polar surface area (TPSA) is 54.6 Å². The van der Waals surface area contributed by atoms with Gasteiger partial charge in [-0.25, -0.2) is 5.32 Å². The van der Waals surface area contributed by atoms with E-state index in [9.17, 15) is 0 Å². The molecule has 0 fully saturated rings. The molecule has 2 N–H and O–H groups in total. The van der Waals surface area contributed by atoms with Gasteiger partial charge >= 0.3 is 0 Å². The van der Waals surface area contributed by atoms with Crippen LogP contribution >= 0.6 is 0 Å². The molecule has 0 bridgehead atoms. The third kappa shape index (κ3) is 5.88. The molecule has 0 saturated carbocycles. The van der Waals surface area contributed by atoms with E-state index in [0.29, 0.717) is 19.5 Å². The van der Waals surface area contributed by atoms with Crippen molar-refractivity contribution in [3.05, 3.63) is 0 Å². The third-order valence-corrected chi connectivity index (χ3v) is 0.732. The van der Waals surface area contributed by atoms with E-state index < -0.39 is 0 Å². The van der Waals surface area contributed by atoms with Crippen LogP contribution < -0.4 is 5.32 Å². The molecule has 0 unspecified atom stereocenters. The van der Waals surface area contributed by atoms with E-state index >= 15 is 0 Å². The lowest BCUT2D eigenvalue weighted by atomic mass is 10.4. The molecule has 0 rings (SSSR count). The quantitative estimate of drug-likeness (QED) is 0.453. The predicted molar refractivity (Wildman–Crippen MR) is 30.7 cm³/mol. The average Bonchev–Trinajstić information content (AvgIpc) is 1.81. The van der Waals surface area contributed by atoms with Crippen molar-refractivity contribution in [3.8, 4) is 0 Å². The monoisotopic (exact) mass is 118 g/mol. The summed E-state index contributed by atoms with van der Waals surface area (Å²) < 4.78 is 0. The van der Waals surface area contributed by atoms with Gasteiger partial charge in [0.05, 0.1) is 6.61 Å². The molecule has 0 aromatic heterocycles. The van der Waals surface area contributed by atoms with E-state index in [0.717, 1.165) is 0 Å². The van der Waals surface area contributed by atoms with Gasteiger partial charge in [0.15, 0.2) is 0 Å². The molecule has 0 aliphatic carbocycles. The van der Waals surface area contributed by atoms with Gasteiger partial charge < -0.3 is 10.2 Å². The second-order valence-electron chi connectivity index (χ2n) is 1.47. The van der Waals surface area contributed by atoms with Gasteiger partial charge in [0.25, 0.3) is 0 Å². The normalized spacial score (nSPS) is 9.75. The Labute approximate surface area is 49.3 Å². The molecular formula is C5H12NO2. The molecule has 49 valence electrons. The molecule has 0 spiro atoms. The summed E-state index contributed by atoms with van der Waals surface area (Å²) in [5.41, 5.74) is 0. The van der Waals surface area contributed by atoms with Crippen molar-refractivity contribution in [2.45, 2.75) is 6.42 Å². The van der Waals surface area contributed by atoms with Crippen LogP contribution in [0.3, 0.4) is 0 Å². The number of aliphatic hydroxyl groups excluding tert-OH is 2. The SMILES string of the molecule is OCCC[N]CCO. The van der Waals surface area contributed by atoms with Crippen LogP contribution in [-0.2, 0) is 0 Å². The molecule has 0 amide bonds. The summed E-state index contributed by atoms with van der Waals surface area (Å²) >= 11 is 0. The van der Waals surface area contributed by atoms with Crippen molar-refractivity contribution < 1.29 is 10.2 Å². The second kappa shape index (κ2) is 6.88. The molecule has 0 saturated heterocycles. The van der Waals surface area contributed by atoms with Crippen molar-refractivity contribution in [1.29, 1.82) is 0 Å². The van der Waals surface area contributed by atoms with Crippen LogP contribution in [0, 0.1) is 0 Å². The molecule has 1 radical (unpaired) electrons. The van der Waals surface area contributed by atoms with Crippen LogP contribution in [0.1, 0.15) is 6.42 Å². The Kier molecular flexibility index (Phi) is 6.78. The van der Waals surface area contributed by atoms with Crippen molar-refractivity contribution >= 4 is 0 Å². The predicted octanol–water partition coefficient (Wildman–Crippen LogP) is -1.03. The van der Waals surface area contributed by atoms with Gasteiger partial charge in [-0.2, -0.15) is 0 Å². The van der Waals surface area contributed by atoms with Crippen LogP contribution in [0.15, 0.2) is 0 Å². The van der Waals surface area contributed by atoms with Gasteiger partial charge in [0.2, 0.25) is 0 Å². The minimum Gasteiger partial charge on any atom is -0.396 e. The fourth-order valence-electron chi connectivity index (χ4n) is 0.365. The zero-order valence-corrected chi connectivity index (χ0v) is 4.88. The van der Waals surface area contributed by atoms with Crippen LogP contribution in [0.25, 0.3) is 0 Å². The molecule has 3 nitrogen and oxygen atoms in total. The van der Waals surface area contributed by atoms with Crippen LogP contribution in [0.2, 0.25) is 0 Å². The van der Waals surface area contributed by atoms with Crippen molar-refractivity contribution in [2.24, 2.45) is 0 Å². The van der Waals surface area contributed by atoms with E-state index in [1.807, 2.05) is 0 Å². The maximum absolute atomic E-state index is 8.24. The lowest BCUT2D eigenvalue weighted by Gasteiger charge is -1.94. The Morgan fingerprint density at radius 1 is 1.00 bits per heavy atom. The Bertz CT molecular complexity index is 35.4. The highest BCUT2D eigenvalue weighted by Crippen LogP contribution is 1.71. The number of hydrogen-bond donors (Lipinski definition) is 2. The highest BCUT2D eigenvalue weighted by molar-refractivity contribution is 4.42. The minimum absolute atomic E-state index is 0.116. The smallest absolute Gasteiger partial charge is 0.0572 e. The first-order valence-corrected chi connectivity index (χ1v) is 2.76. The molecule has 0 aromatic carbocycles. The average molecular weight is 118 g/mol. The van der Waals surface area contributed by atoms with Crippen molar-refractivity contribution in [2.75, 3.05) is 26.3 Å². The van der Waals surface area contributed by atoms with Crippen molar-refractivity contribution in [3.63, 3.8) is 0 Å². The molecule has 3 heteroatoms. The third-order valence-electron chi connectivity index (χ3n) is 0.732. The zero-order chi connectivity index (χ0) is 6.24. The molecule has 0 aliphatic heterocycles. The first kappa shape index (κ1) is 7.88. The largest absolute Gasteiger partial charge is 0.396 e. The number of aliphatic hydroxyl groups is 2. The number of nitrogens with zero attached hydrogens (tertiary/aromatic N) is 1. The highest BCUT2D eigenvalue weighted by Gasteiger charge is 1.83. The Morgan fingerprint density at radius 3 is 2.25 bits per heavy atom. The van der Waals surface area contributed by atoms with E-state index in [1.54, 1.807) is 0 Å². The fourth-order valence-corrected chi connectivity index (χ4v) is 0.365. The highest BCUT2D eigenvalue weighted by atomic mass is 16.3. The summed E-state index contributed by atoms with van der Waals surface area (Å²) in [7, 11) is 0. The molecule has 0 aliphatic rings. The standard InChI is InChI=1S/C5H12NO2/c7-4-1-2-6-3-5-8/h7-8H,1-5H2. The second-order valence-corrected chi connectivity index (χ2v) is 1.47. The van der Waals surface area contributed by atoms with E-state index in [1.165, 1.54) is 0 Å². The lowest BCUT2D eigenvalue weighted by molar-refractivity contribution is 0.271. The van der Waals surface area contributed by atoms with E-state index in [4.69, 9.17) is 10.2 Å². The van der Waals surface area contributed by atoms with Gasteiger partial charge in [0.1, 0.15) is 0 Å². The molecule has 0 heterocycles. The molecule has 0 aromatic rings. The maximum atomic E-state index is 8.24.